The number of aliphatic carboxylic acids is 1. The van der Waals surface area contributed by atoms with Crippen LogP contribution in [0.2, 0.25) is 0 Å². The molecule has 0 radical (unpaired) electrons. The number of ether oxygens (including phenoxy) is 1. The summed E-state index contributed by atoms with van der Waals surface area (Å²) in [5, 5.41) is 14.3. The number of hydrogen-bond acceptors (Lipinski definition) is 4. The molecular formula is C13H24N2O4S. The first-order valence-electron chi connectivity index (χ1n) is 6.96. The molecule has 3 N–H and O–H groups in total. The number of carbonyl (C=O) groups excluding carboxylic acids is 1. The lowest BCUT2D eigenvalue weighted by Crippen LogP contribution is -2.47. The molecule has 2 unspecified atom stereocenters. The topological polar surface area (TPSA) is 87.7 Å². The normalized spacial score (nSPS) is 23.3. The zero-order chi connectivity index (χ0) is 15.0. The van der Waals surface area contributed by atoms with Crippen LogP contribution in [0.4, 0.5) is 4.79 Å². The zero-order valence-electron chi connectivity index (χ0n) is 12.1. The Labute approximate surface area is 124 Å². The van der Waals surface area contributed by atoms with Crippen LogP contribution >= 0.6 is 11.8 Å². The second-order valence-corrected chi connectivity index (χ2v) is 5.88. The number of amides is 2. The summed E-state index contributed by atoms with van der Waals surface area (Å²) in [7, 11) is 0. The number of urea groups is 1. The second kappa shape index (κ2) is 9.07. The van der Waals surface area contributed by atoms with Crippen molar-refractivity contribution in [3.63, 3.8) is 0 Å². The minimum absolute atomic E-state index is 0.196. The van der Waals surface area contributed by atoms with Crippen LogP contribution in [-0.4, -0.2) is 54.4 Å². The minimum Gasteiger partial charge on any atom is -0.480 e. The fourth-order valence-corrected chi connectivity index (χ4v) is 2.78. The summed E-state index contributed by atoms with van der Waals surface area (Å²) < 4.78 is 5.55. The first-order chi connectivity index (χ1) is 9.58. The van der Waals surface area contributed by atoms with Crippen LogP contribution in [0.15, 0.2) is 0 Å². The van der Waals surface area contributed by atoms with Gasteiger partial charge in [0.2, 0.25) is 0 Å². The van der Waals surface area contributed by atoms with E-state index >= 15 is 0 Å². The van der Waals surface area contributed by atoms with Gasteiger partial charge in [0.25, 0.3) is 0 Å². The Balaban J connectivity index is 2.32. The summed E-state index contributed by atoms with van der Waals surface area (Å²) in [5.74, 6) is 0.0241. The number of carboxylic acid groups (broad SMARTS) is 1. The molecule has 0 aromatic rings. The van der Waals surface area contributed by atoms with E-state index in [2.05, 4.69) is 17.6 Å². The summed E-state index contributed by atoms with van der Waals surface area (Å²) in [6.45, 7) is 3.32. The molecule has 3 atom stereocenters. The van der Waals surface area contributed by atoms with Crippen molar-refractivity contribution < 1.29 is 19.4 Å². The van der Waals surface area contributed by atoms with Crippen molar-refractivity contribution in [2.24, 2.45) is 5.92 Å². The van der Waals surface area contributed by atoms with Gasteiger partial charge in [-0.05, 0) is 31.3 Å². The molecule has 6 nitrogen and oxygen atoms in total. The monoisotopic (exact) mass is 304 g/mol. The van der Waals surface area contributed by atoms with Gasteiger partial charge < -0.3 is 20.5 Å². The lowest BCUT2D eigenvalue weighted by atomic mass is 10.00. The third-order valence-corrected chi connectivity index (χ3v) is 4.13. The molecule has 0 saturated carbocycles. The van der Waals surface area contributed by atoms with E-state index in [0.717, 1.165) is 19.4 Å². The molecule has 1 aliphatic rings. The van der Waals surface area contributed by atoms with Crippen LogP contribution < -0.4 is 10.6 Å². The molecular weight excluding hydrogens is 280 g/mol. The zero-order valence-corrected chi connectivity index (χ0v) is 12.9. The molecule has 7 heteroatoms. The molecule has 0 aromatic carbocycles. The maximum Gasteiger partial charge on any atom is 0.326 e. The van der Waals surface area contributed by atoms with E-state index in [-0.39, 0.29) is 6.10 Å². The number of carboxylic acids is 1. The van der Waals surface area contributed by atoms with Gasteiger partial charge in [0.15, 0.2) is 0 Å². The highest BCUT2D eigenvalue weighted by atomic mass is 32.2. The Morgan fingerprint density at radius 3 is 2.85 bits per heavy atom. The van der Waals surface area contributed by atoms with Crippen LogP contribution in [-0.2, 0) is 9.53 Å². The quantitative estimate of drug-likeness (QED) is 0.629. The summed E-state index contributed by atoms with van der Waals surface area (Å²) in [5.41, 5.74) is 0. The molecule has 1 aliphatic heterocycles. The number of rotatable bonds is 8. The van der Waals surface area contributed by atoms with Crippen molar-refractivity contribution in [1.82, 2.24) is 10.6 Å². The Bertz CT molecular complexity index is 327. The molecule has 20 heavy (non-hydrogen) atoms. The lowest BCUT2D eigenvalue weighted by molar-refractivity contribution is -0.139. The largest absolute Gasteiger partial charge is 0.480 e. The number of carbonyl (C=O) groups is 2. The molecule has 1 heterocycles. The summed E-state index contributed by atoms with van der Waals surface area (Å²) >= 11 is 1.56. The van der Waals surface area contributed by atoms with Crippen molar-refractivity contribution in [3.8, 4) is 0 Å². The molecule has 116 valence electrons. The fourth-order valence-electron chi connectivity index (χ4n) is 2.30. The van der Waals surface area contributed by atoms with E-state index in [1.54, 1.807) is 11.8 Å². The molecule has 1 rings (SSSR count). The van der Waals surface area contributed by atoms with Crippen molar-refractivity contribution in [1.29, 1.82) is 0 Å². The van der Waals surface area contributed by atoms with Crippen molar-refractivity contribution >= 4 is 23.8 Å². The van der Waals surface area contributed by atoms with E-state index in [9.17, 15) is 9.59 Å². The first kappa shape index (κ1) is 17.1. The van der Waals surface area contributed by atoms with Gasteiger partial charge in [0, 0.05) is 19.1 Å². The number of nitrogens with one attached hydrogen (secondary N) is 2. The smallest absolute Gasteiger partial charge is 0.326 e. The van der Waals surface area contributed by atoms with Crippen molar-refractivity contribution in [3.05, 3.63) is 0 Å². The van der Waals surface area contributed by atoms with E-state index in [1.165, 1.54) is 0 Å². The molecule has 0 aliphatic carbocycles. The predicted octanol–water partition coefficient (Wildman–Crippen LogP) is 1.31. The van der Waals surface area contributed by atoms with Gasteiger partial charge in [-0.15, -0.1) is 0 Å². The number of thioether (sulfide) groups is 1. The maximum absolute atomic E-state index is 11.7. The van der Waals surface area contributed by atoms with Crippen molar-refractivity contribution in [2.45, 2.75) is 38.3 Å². The van der Waals surface area contributed by atoms with E-state index in [4.69, 9.17) is 9.84 Å². The van der Waals surface area contributed by atoms with Crippen molar-refractivity contribution in [2.75, 3.05) is 25.2 Å². The van der Waals surface area contributed by atoms with Crippen LogP contribution in [0, 0.1) is 5.92 Å². The van der Waals surface area contributed by atoms with Crippen LogP contribution in [0.5, 0.6) is 0 Å². The van der Waals surface area contributed by atoms with Crippen LogP contribution in [0.1, 0.15) is 26.2 Å². The molecule has 1 fully saturated rings. The second-order valence-electron chi connectivity index (χ2n) is 4.89. The Morgan fingerprint density at radius 1 is 1.50 bits per heavy atom. The van der Waals surface area contributed by atoms with E-state index < -0.39 is 18.0 Å². The molecule has 0 bridgehead atoms. The third-order valence-electron chi connectivity index (χ3n) is 3.49. The van der Waals surface area contributed by atoms with Crippen LogP contribution in [0.3, 0.4) is 0 Å². The Kier molecular flexibility index (Phi) is 7.76. The number of hydrogen-bond donors (Lipinski definition) is 3. The van der Waals surface area contributed by atoms with Gasteiger partial charge in [-0.2, -0.15) is 11.8 Å². The van der Waals surface area contributed by atoms with Gasteiger partial charge in [0.1, 0.15) is 6.04 Å². The average molecular weight is 304 g/mol. The Morgan fingerprint density at radius 2 is 2.25 bits per heavy atom. The minimum atomic E-state index is -0.996. The highest BCUT2D eigenvalue weighted by Gasteiger charge is 2.27. The summed E-state index contributed by atoms with van der Waals surface area (Å²) in [4.78, 5) is 22.8. The lowest BCUT2D eigenvalue weighted by Gasteiger charge is -2.19. The summed E-state index contributed by atoms with van der Waals surface area (Å²) in [6.07, 6.45) is 4.40. The molecule has 1 saturated heterocycles. The van der Waals surface area contributed by atoms with Crippen LogP contribution in [0.25, 0.3) is 0 Å². The molecule has 2 amide bonds. The van der Waals surface area contributed by atoms with Gasteiger partial charge in [-0.1, -0.05) is 6.92 Å². The van der Waals surface area contributed by atoms with Gasteiger partial charge in [-0.25, -0.2) is 9.59 Å². The standard InChI is InChI=1S/C13H24N2O4S/c1-3-11-9(4-6-19-11)8-14-13(18)15-10(12(16)17)5-7-20-2/h9-11H,3-8H2,1-2H3,(H,16,17)(H2,14,15,18)/t9?,10-,11?/m0/s1. The maximum atomic E-state index is 11.7. The first-order valence-corrected chi connectivity index (χ1v) is 8.35. The fraction of sp³-hybridized carbons (Fsp3) is 0.846. The van der Waals surface area contributed by atoms with Gasteiger partial charge in [-0.3, -0.25) is 0 Å². The van der Waals surface area contributed by atoms with E-state index in [0.29, 0.717) is 24.6 Å². The highest BCUT2D eigenvalue weighted by Crippen LogP contribution is 2.22. The van der Waals surface area contributed by atoms with Gasteiger partial charge >= 0.3 is 12.0 Å². The average Bonchev–Trinajstić information content (AvgIpc) is 2.88. The SMILES string of the molecule is CCC1OCCC1CNC(=O)N[C@@H](CCSC)C(=O)O. The predicted molar refractivity (Wildman–Crippen MR) is 79.1 cm³/mol. The Hall–Kier alpha value is -0.950. The third kappa shape index (κ3) is 5.58. The van der Waals surface area contributed by atoms with Gasteiger partial charge in [0.05, 0.1) is 6.10 Å². The molecule has 0 spiro atoms. The highest BCUT2D eigenvalue weighted by molar-refractivity contribution is 7.98. The van der Waals surface area contributed by atoms with E-state index in [1.807, 2.05) is 6.26 Å². The molecule has 0 aromatic heterocycles. The summed E-state index contributed by atoms with van der Waals surface area (Å²) in [6, 6.07) is -1.25.